The quantitative estimate of drug-likeness (QED) is 0.310. The van der Waals surface area contributed by atoms with E-state index in [0.717, 1.165) is 63.5 Å². The summed E-state index contributed by atoms with van der Waals surface area (Å²) in [5.41, 5.74) is 3.15. The van der Waals surface area contributed by atoms with E-state index in [9.17, 15) is 13.5 Å². The van der Waals surface area contributed by atoms with Crippen LogP contribution in [0, 0.1) is 17.8 Å². The Balaban J connectivity index is 0.000000168. The Hall–Kier alpha value is -2.55. The summed E-state index contributed by atoms with van der Waals surface area (Å²) in [5, 5.41) is 9.44. The molecule has 9 rings (SSSR count). The number of rotatable bonds is 7. The molecule has 3 aromatic carbocycles. The molecular weight excluding hydrogens is 548 g/mol. The fourth-order valence-corrected chi connectivity index (χ4v) is 8.13. The second kappa shape index (κ2) is 11.5. The van der Waals surface area contributed by atoms with Crippen LogP contribution in [-0.4, -0.2) is 40.0 Å². The molecule has 0 amide bonds. The van der Waals surface area contributed by atoms with Crippen LogP contribution in [0.3, 0.4) is 0 Å². The van der Waals surface area contributed by atoms with Crippen LogP contribution in [0.15, 0.2) is 89.8 Å². The van der Waals surface area contributed by atoms with Crippen molar-refractivity contribution in [1.82, 2.24) is 0 Å². The fourth-order valence-electron chi connectivity index (χ4n) is 7.12. The second-order valence-corrected chi connectivity index (χ2v) is 14.6. The summed E-state index contributed by atoms with van der Waals surface area (Å²) in [6.07, 6.45) is 7.96. The molecule has 4 saturated heterocycles. The van der Waals surface area contributed by atoms with Crippen molar-refractivity contribution in [3.63, 3.8) is 0 Å². The summed E-state index contributed by atoms with van der Waals surface area (Å²) in [7, 11) is -3.73. The van der Waals surface area contributed by atoms with E-state index in [1.165, 1.54) is 11.1 Å². The molecule has 0 unspecified atom stereocenters. The van der Waals surface area contributed by atoms with Gasteiger partial charge in [-0.15, -0.1) is 0 Å². The monoisotopic (exact) mass is 590 g/mol. The first-order valence-electron chi connectivity index (χ1n) is 15.2. The summed E-state index contributed by atoms with van der Waals surface area (Å²) < 4.78 is 42.8. The first-order chi connectivity index (χ1) is 20.2. The van der Waals surface area contributed by atoms with Crippen LogP contribution in [0.1, 0.15) is 68.1 Å². The zero-order chi connectivity index (χ0) is 29.3. The molecule has 224 valence electrons. The topological polar surface area (TPSA) is 82.1 Å². The van der Waals surface area contributed by atoms with E-state index in [1.807, 2.05) is 31.2 Å². The molecule has 4 heterocycles. The molecular formula is C35H42O6S. The lowest BCUT2D eigenvalue weighted by Gasteiger charge is -2.53. The minimum Gasteiger partial charge on any atom is -0.396 e. The van der Waals surface area contributed by atoms with Crippen LogP contribution in [0.5, 0.6) is 0 Å². The van der Waals surface area contributed by atoms with Gasteiger partial charge in [0.25, 0.3) is 10.1 Å². The molecule has 0 aromatic heterocycles. The highest BCUT2D eigenvalue weighted by atomic mass is 32.2. The minimum absolute atomic E-state index is 0.0574. The molecule has 0 spiro atoms. The number of aliphatic hydroxyl groups excluding tert-OH is 1. The number of aryl methyl sites for hydroxylation is 1. The molecule has 7 heteroatoms. The first-order valence-corrected chi connectivity index (χ1v) is 16.6. The van der Waals surface area contributed by atoms with Gasteiger partial charge < -0.3 is 14.6 Å². The molecule has 3 aromatic rings. The van der Waals surface area contributed by atoms with Gasteiger partial charge in [0, 0.05) is 10.8 Å². The Bertz CT molecular complexity index is 1400. The van der Waals surface area contributed by atoms with Crippen LogP contribution in [0.2, 0.25) is 0 Å². The van der Waals surface area contributed by atoms with Crippen molar-refractivity contribution in [1.29, 1.82) is 0 Å². The van der Waals surface area contributed by atoms with Gasteiger partial charge in [-0.25, -0.2) is 0 Å². The van der Waals surface area contributed by atoms with E-state index in [1.54, 1.807) is 24.3 Å². The molecule has 2 aliphatic carbocycles. The van der Waals surface area contributed by atoms with Crippen molar-refractivity contribution in [2.75, 3.05) is 26.4 Å². The Labute approximate surface area is 250 Å². The lowest BCUT2D eigenvalue weighted by atomic mass is 9.64. The maximum atomic E-state index is 12.5. The van der Waals surface area contributed by atoms with Crippen molar-refractivity contribution in [2.24, 2.45) is 10.8 Å². The predicted molar refractivity (Wildman–Crippen MR) is 161 cm³/mol. The smallest absolute Gasteiger partial charge is 0.296 e. The lowest BCUT2D eigenvalue weighted by Crippen LogP contribution is -2.51. The molecule has 6 fully saturated rings. The highest BCUT2D eigenvalue weighted by Gasteiger charge is 2.52. The molecule has 1 N–H and O–H groups in total. The van der Waals surface area contributed by atoms with Crippen LogP contribution in [0.4, 0.5) is 0 Å². The molecule has 2 saturated carbocycles. The molecule has 4 aliphatic heterocycles. The standard InChI is InChI=1S/C21H24O4S.C14H18O2/c1-17-7-9-19(10-8-17)26(22,23)25-16-20-11-13-21(14-12-20,24-15-20)18-5-3-2-4-6-18;15-10-13-6-8-14(9-7-13,16-11-13)12-4-2-1-3-5-12/h2-10H,11-16H2,1H3;1-5,15H,6-11H2. The average Bonchev–Trinajstić information content (AvgIpc) is 3.07. The van der Waals surface area contributed by atoms with E-state index in [-0.39, 0.29) is 40.1 Å². The van der Waals surface area contributed by atoms with E-state index < -0.39 is 10.1 Å². The maximum absolute atomic E-state index is 12.5. The Morgan fingerprint density at radius 3 is 1.52 bits per heavy atom. The van der Waals surface area contributed by atoms with Crippen LogP contribution >= 0.6 is 0 Å². The highest BCUT2D eigenvalue weighted by Crippen LogP contribution is 2.54. The summed E-state index contributed by atoms with van der Waals surface area (Å²) >= 11 is 0. The zero-order valence-corrected chi connectivity index (χ0v) is 25.3. The molecule has 42 heavy (non-hydrogen) atoms. The third kappa shape index (κ3) is 5.70. The normalized spacial score (nSPS) is 31.8. The van der Waals surface area contributed by atoms with Crippen molar-refractivity contribution < 1.29 is 27.2 Å². The number of fused-ring (bicyclic) bond motifs is 6. The molecule has 0 radical (unpaired) electrons. The van der Waals surface area contributed by atoms with Crippen LogP contribution < -0.4 is 0 Å². The van der Waals surface area contributed by atoms with Crippen molar-refractivity contribution in [3.05, 3.63) is 102 Å². The van der Waals surface area contributed by atoms with E-state index in [2.05, 4.69) is 36.4 Å². The van der Waals surface area contributed by atoms with Gasteiger partial charge in [-0.2, -0.15) is 8.42 Å². The molecule has 4 bridgehead atoms. The minimum atomic E-state index is -3.73. The Kier molecular flexibility index (Phi) is 8.09. The summed E-state index contributed by atoms with van der Waals surface area (Å²) in [6, 6.07) is 27.6. The largest absolute Gasteiger partial charge is 0.396 e. The second-order valence-electron chi connectivity index (χ2n) is 13.0. The van der Waals surface area contributed by atoms with Gasteiger partial charge in [-0.3, -0.25) is 4.18 Å². The van der Waals surface area contributed by atoms with Gasteiger partial charge in [-0.05, 0) is 81.5 Å². The van der Waals surface area contributed by atoms with E-state index in [4.69, 9.17) is 13.7 Å². The predicted octanol–water partition coefficient (Wildman–Crippen LogP) is 6.65. The van der Waals surface area contributed by atoms with Gasteiger partial charge in [0.05, 0.1) is 42.5 Å². The molecule has 6 aliphatic rings. The fraction of sp³-hybridized carbons (Fsp3) is 0.486. The molecule has 0 atom stereocenters. The van der Waals surface area contributed by atoms with Crippen LogP contribution in [0.25, 0.3) is 0 Å². The summed E-state index contributed by atoms with van der Waals surface area (Å²) in [6.45, 7) is 3.66. The van der Waals surface area contributed by atoms with E-state index in [0.29, 0.717) is 6.61 Å². The summed E-state index contributed by atoms with van der Waals surface area (Å²) in [5.74, 6) is 0. The van der Waals surface area contributed by atoms with Gasteiger partial charge in [0.15, 0.2) is 0 Å². The van der Waals surface area contributed by atoms with Crippen molar-refractivity contribution in [2.45, 2.75) is 74.4 Å². The lowest BCUT2D eigenvalue weighted by molar-refractivity contribution is -0.199. The number of ether oxygens (including phenoxy) is 2. The first kappa shape index (κ1) is 29.5. The van der Waals surface area contributed by atoms with Gasteiger partial charge in [0.2, 0.25) is 0 Å². The summed E-state index contributed by atoms with van der Waals surface area (Å²) in [4.78, 5) is 0.214. The average molecular weight is 591 g/mol. The Morgan fingerprint density at radius 2 is 1.12 bits per heavy atom. The zero-order valence-electron chi connectivity index (χ0n) is 24.5. The number of aliphatic hydroxyl groups is 1. The number of hydrogen-bond acceptors (Lipinski definition) is 6. The van der Waals surface area contributed by atoms with Gasteiger partial charge in [0.1, 0.15) is 0 Å². The third-order valence-corrected chi connectivity index (χ3v) is 11.6. The third-order valence-electron chi connectivity index (χ3n) is 10.3. The van der Waals surface area contributed by atoms with E-state index >= 15 is 0 Å². The van der Waals surface area contributed by atoms with Gasteiger partial charge in [-0.1, -0.05) is 78.4 Å². The Morgan fingerprint density at radius 1 is 0.667 bits per heavy atom. The molecule has 6 nitrogen and oxygen atoms in total. The highest BCUT2D eigenvalue weighted by molar-refractivity contribution is 7.86. The van der Waals surface area contributed by atoms with Crippen molar-refractivity contribution in [3.8, 4) is 0 Å². The van der Waals surface area contributed by atoms with Crippen molar-refractivity contribution >= 4 is 10.1 Å². The SMILES string of the molecule is Cc1ccc(S(=O)(=O)OCC23CCC(c4ccccc4)(CC2)OC3)cc1.OCC12CCC(c3ccccc3)(CC1)OC2. The van der Waals surface area contributed by atoms with Gasteiger partial charge >= 0.3 is 0 Å². The maximum Gasteiger partial charge on any atom is 0.296 e. The van der Waals surface area contributed by atoms with Crippen LogP contribution in [-0.2, 0) is 35.0 Å². The number of hydrogen-bond donors (Lipinski definition) is 1. The number of benzene rings is 3.